The Balaban J connectivity index is 1.59. The number of benzene rings is 2. The van der Waals surface area contributed by atoms with Crippen LogP contribution in [0.25, 0.3) is 0 Å². The van der Waals surface area contributed by atoms with Gasteiger partial charge in [0.05, 0.1) is 4.90 Å². The quantitative estimate of drug-likeness (QED) is 0.696. The summed E-state index contributed by atoms with van der Waals surface area (Å²) in [5.41, 5.74) is 1.22. The number of ether oxygens (including phenoxy) is 2. The number of carboxylic acid groups (broad SMARTS) is 1. The first-order chi connectivity index (χ1) is 13.8. The number of sulfonamides is 1. The highest BCUT2D eigenvalue weighted by atomic mass is 32.2. The molecule has 1 saturated carbocycles. The van der Waals surface area contributed by atoms with E-state index in [1.807, 2.05) is 10.8 Å². The number of fused-ring (bicyclic) bond motifs is 3. The van der Waals surface area contributed by atoms with Gasteiger partial charge in [0.15, 0.2) is 11.5 Å². The van der Waals surface area contributed by atoms with Crippen LogP contribution in [-0.4, -0.2) is 31.8 Å². The number of para-hydroxylation sites is 1. The molecule has 1 fully saturated rings. The molecular formula is C20H20FNO6S. The third-order valence-electron chi connectivity index (χ3n) is 5.32. The van der Waals surface area contributed by atoms with E-state index in [-0.39, 0.29) is 28.2 Å². The average Bonchev–Trinajstić information content (AvgIpc) is 3.25. The molecular weight excluding hydrogens is 401 g/mol. The smallest absolute Gasteiger partial charge is 0.361 e. The average molecular weight is 421 g/mol. The fraction of sp³-hybridized carbons (Fsp3) is 0.350. The van der Waals surface area contributed by atoms with Gasteiger partial charge in [0.1, 0.15) is 11.9 Å². The summed E-state index contributed by atoms with van der Waals surface area (Å²) in [4.78, 5) is 11.3. The Morgan fingerprint density at radius 2 is 2.10 bits per heavy atom. The van der Waals surface area contributed by atoms with Gasteiger partial charge in [0.25, 0.3) is 6.23 Å². The predicted molar refractivity (Wildman–Crippen MR) is 101 cm³/mol. The monoisotopic (exact) mass is 421 g/mol. The Bertz CT molecular complexity index is 1070. The topological polar surface area (TPSA) is 102 Å². The summed E-state index contributed by atoms with van der Waals surface area (Å²) in [7, 11) is -4.33. The molecule has 0 saturated heterocycles. The second-order valence-corrected chi connectivity index (χ2v) is 8.95. The summed E-state index contributed by atoms with van der Waals surface area (Å²) in [6.07, 6.45) is 1.08. The van der Waals surface area contributed by atoms with Gasteiger partial charge in [-0.15, -0.1) is 0 Å². The summed E-state index contributed by atoms with van der Waals surface area (Å²) >= 11 is 0. The Hall–Kier alpha value is -2.65. The third kappa shape index (κ3) is 3.67. The van der Waals surface area contributed by atoms with Crippen LogP contribution in [0.2, 0.25) is 0 Å². The van der Waals surface area contributed by atoms with Crippen LogP contribution in [-0.2, 0) is 14.8 Å². The van der Waals surface area contributed by atoms with E-state index in [9.17, 15) is 22.7 Å². The van der Waals surface area contributed by atoms with Crippen LogP contribution in [0.5, 0.6) is 11.5 Å². The number of carboxylic acids is 1. The Kier molecular flexibility index (Phi) is 4.95. The lowest BCUT2D eigenvalue weighted by atomic mass is 9.97. The first-order valence-corrected chi connectivity index (χ1v) is 10.7. The molecule has 2 aromatic carbocycles. The summed E-state index contributed by atoms with van der Waals surface area (Å²) in [5, 5.41) is 9.49. The van der Waals surface area contributed by atoms with E-state index in [2.05, 4.69) is 0 Å². The maximum atomic E-state index is 13.8. The van der Waals surface area contributed by atoms with Gasteiger partial charge < -0.3 is 14.6 Å². The molecule has 1 aliphatic heterocycles. The van der Waals surface area contributed by atoms with Gasteiger partial charge in [-0.05, 0) is 49.9 Å². The third-order valence-corrected chi connectivity index (χ3v) is 6.71. The van der Waals surface area contributed by atoms with E-state index in [4.69, 9.17) is 9.47 Å². The summed E-state index contributed by atoms with van der Waals surface area (Å²) in [5.74, 6) is -1.39. The van der Waals surface area contributed by atoms with Crippen LogP contribution < -0.4 is 14.2 Å². The zero-order chi connectivity index (χ0) is 20.8. The van der Waals surface area contributed by atoms with Crippen LogP contribution in [0, 0.1) is 12.7 Å². The normalized spacial score (nSPS) is 21.2. The fourth-order valence-electron chi connectivity index (χ4n) is 3.82. The van der Waals surface area contributed by atoms with Gasteiger partial charge in [0, 0.05) is 11.5 Å². The molecule has 1 heterocycles. The first-order valence-electron chi connectivity index (χ1n) is 9.24. The summed E-state index contributed by atoms with van der Waals surface area (Å²) in [6.45, 7) is 1.49. The lowest BCUT2D eigenvalue weighted by Crippen LogP contribution is -2.44. The standard InChI is InChI=1S/C20H20FNO6S/c1-11-8-9-12(10-15(11)21)29(25,26)22-19(20(23)24)28-17-7-3-5-14-13-4-2-6-16(13)27-18(14)17/h3,5,7-10,13,16,19,22H,2,4,6H2,1H3,(H,23,24). The van der Waals surface area contributed by atoms with E-state index < -0.39 is 28.0 Å². The molecule has 0 radical (unpaired) electrons. The van der Waals surface area contributed by atoms with E-state index in [1.54, 1.807) is 6.07 Å². The zero-order valence-corrected chi connectivity index (χ0v) is 16.4. The Morgan fingerprint density at radius 1 is 1.31 bits per heavy atom. The number of carbonyl (C=O) groups is 1. The molecule has 0 bridgehead atoms. The molecule has 9 heteroatoms. The minimum Gasteiger partial charge on any atom is -0.486 e. The lowest BCUT2D eigenvalue weighted by molar-refractivity contribution is -0.145. The molecule has 0 aromatic heterocycles. The SMILES string of the molecule is Cc1ccc(S(=O)(=O)NC(Oc2cccc3c2OC2CCCC32)C(=O)O)cc1F. The number of nitrogens with one attached hydrogen (secondary N) is 1. The number of aliphatic carboxylic acids is 1. The van der Waals surface area contributed by atoms with Gasteiger partial charge in [0.2, 0.25) is 10.0 Å². The highest BCUT2D eigenvalue weighted by molar-refractivity contribution is 7.89. The van der Waals surface area contributed by atoms with Crippen molar-refractivity contribution in [2.45, 2.75) is 49.3 Å². The number of halogens is 1. The van der Waals surface area contributed by atoms with E-state index in [0.717, 1.165) is 30.9 Å². The molecule has 7 nitrogen and oxygen atoms in total. The van der Waals surface area contributed by atoms with Crippen molar-refractivity contribution in [3.05, 3.63) is 53.3 Å². The molecule has 2 aliphatic rings. The Morgan fingerprint density at radius 3 is 2.83 bits per heavy atom. The molecule has 154 valence electrons. The van der Waals surface area contributed by atoms with Crippen LogP contribution in [0.15, 0.2) is 41.3 Å². The van der Waals surface area contributed by atoms with Gasteiger partial charge in [-0.2, -0.15) is 4.72 Å². The molecule has 3 atom stereocenters. The number of hydrogen-bond donors (Lipinski definition) is 2. The molecule has 0 spiro atoms. The maximum Gasteiger partial charge on any atom is 0.361 e. The van der Waals surface area contributed by atoms with E-state index in [1.165, 1.54) is 25.1 Å². The molecule has 1 aliphatic carbocycles. The van der Waals surface area contributed by atoms with Crippen LogP contribution in [0.1, 0.15) is 36.3 Å². The first kappa shape index (κ1) is 19.7. The number of rotatable bonds is 6. The largest absolute Gasteiger partial charge is 0.486 e. The molecule has 3 unspecified atom stereocenters. The molecule has 29 heavy (non-hydrogen) atoms. The lowest BCUT2D eigenvalue weighted by Gasteiger charge is -2.19. The Labute approximate surface area is 167 Å². The summed E-state index contributed by atoms with van der Waals surface area (Å²) < 4.78 is 52.2. The second-order valence-electron chi connectivity index (χ2n) is 7.24. The maximum absolute atomic E-state index is 13.8. The molecule has 4 rings (SSSR count). The summed E-state index contributed by atoms with van der Waals surface area (Å²) in [6, 6.07) is 8.51. The van der Waals surface area contributed by atoms with E-state index in [0.29, 0.717) is 5.75 Å². The van der Waals surface area contributed by atoms with Crippen LogP contribution in [0.4, 0.5) is 4.39 Å². The highest BCUT2D eigenvalue weighted by Gasteiger charge is 2.40. The van der Waals surface area contributed by atoms with Gasteiger partial charge in [-0.1, -0.05) is 18.2 Å². The van der Waals surface area contributed by atoms with Crippen LogP contribution in [0.3, 0.4) is 0 Å². The minimum absolute atomic E-state index is 0.0326. The van der Waals surface area contributed by atoms with Crippen molar-refractivity contribution in [2.24, 2.45) is 0 Å². The second kappa shape index (κ2) is 7.31. The van der Waals surface area contributed by atoms with Crippen molar-refractivity contribution in [3.63, 3.8) is 0 Å². The zero-order valence-electron chi connectivity index (χ0n) is 15.6. The predicted octanol–water partition coefficient (Wildman–Crippen LogP) is 2.93. The van der Waals surface area contributed by atoms with E-state index >= 15 is 0 Å². The van der Waals surface area contributed by atoms with Crippen molar-refractivity contribution in [1.29, 1.82) is 0 Å². The minimum atomic E-state index is -4.33. The van der Waals surface area contributed by atoms with Gasteiger partial charge >= 0.3 is 5.97 Å². The van der Waals surface area contributed by atoms with Gasteiger partial charge in [-0.3, -0.25) is 0 Å². The van der Waals surface area contributed by atoms with Crippen LogP contribution >= 0.6 is 0 Å². The van der Waals surface area contributed by atoms with Crippen molar-refractivity contribution in [1.82, 2.24) is 4.72 Å². The van der Waals surface area contributed by atoms with Gasteiger partial charge in [-0.25, -0.2) is 17.6 Å². The number of hydrogen-bond acceptors (Lipinski definition) is 5. The van der Waals surface area contributed by atoms with Crippen molar-refractivity contribution >= 4 is 16.0 Å². The van der Waals surface area contributed by atoms with Crippen molar-refractivity contribution in [2.75, 3.05) is 0 Å². The highest BCUT2D eigenvalue weighted by Crippen LogP contribution is 2.50. The fourth-order valence-corrected chi connectivity index (χ4v) is 4.89. The van der Waals surface area contributed by atoms with Crippen molar-refractivity contribution in [3.8, 4) is 11.5 Å². The van der Waals surface area contributed by atoms with Crippen molar-refractivity contribution < 1.29 is 32.2 Å². The molecule has 0 amide bonds. The molecule has 2 N–H and O–H groups in total. The molecule has 2 aromatic rings. The number of aryl methyl sites for hydroxylation is 1.